The van der Waals surface area contributed by atoms with Crippen LogP contribution in [0.15, 0.2) is 47.6 Å². The maximum absolute atomic E-state index is 12.9. The number of aromatic nitrogens is 3. The average Bonchev–Trinajstić information content (AvgIpc) is 3.19. The van der Waals surface area contributed by atoms with Crippen LogP contribution in [-0.2, 0) is 13.0 Å². The molecule has 0 saturated carbocycles. The molecular formula is C22H29F2IN6O2. The second-order valence-electron chi connectivity index (χ2n) is 6.83. The number of hydrogen-bond donors (Lipinski definition) is 2. The first kappa shape index (κ1) is 26.6. The third kappa shape index (κ3) is 7.69. The molecule has 0 amide bonds. The number of pyridine rings is 1. The van der Waals surface area contributed by atoms with Crippen molar-refractivity contribution in [2.45, 2.75) is 39.8 Å². The Hall–Kier alpha value is -2.70. The summed E-state index contributed by atoms with van der Waals surface area (Å²) in [6.45, 7) is 2.63. The second kappa shape index (κ2) is 13.8. The highest BCUT2D eigenvalue weighted by molar-refractivity contribution is 14.0. The highest BCUT2D eigenvalue weighted by Crippen LogP contribution is 2.33. The molecule has 0 saturated heterocycles. The van der Waals surface area contributed by atoms with E-state index in [1.165, 1.54) is 0 Å². The summed E-state index contributed by atoms with van der Waals surface area (Å²) in [5.41, 5.74) is 1.34. The van der Waals surface area contributed by atoms with Gasteiger partial charge < -0.3 is 20.1 Å². The van der Waals surface area contributed by atoms with E-state index >= 15 is 0 Å². The number of hydrogen-bond acceptors (Lipinski definition) is 5. The normalized spacial score (nSPS) is 11.4. The number of alkyl halides is 2. The van der Waals surface area contributed by atoms with Gasteiger partial charge in [0.15, 0.2) is 23.1 Å². The quantitative estimate of drug-likeness (QED) is 0.156. The van der Waals surface area contributed by atoms with E-state index in [0.717, 1.165) is 24.3 Å². The predicted octanol–water partition coefficient (Wildman–Crippen LogP) is 4.04. The van der Waals surface area contributed by atoms with Gasteiger partial charge in [-0.2, -0.15) is 8.78 Å². The highest BCUT2D eigenvalue weighted by atomic mass is 127. The lowest BCUT2D eigenvalue weighted by Gasteiger charge is -2.15. The summed E-state index contributed by atoms with van der Waals surface area (Å²) in [4.78, 5) is 4.52. The number of halogens is 3. The summed E-state index contributed by atoms with van der Waals surface area (Å²) in [5.74, 6) is 1.77. The Kier molecular flexibility index (Phi) is 11.1. The van der Waals surface area contributed by atoms with Crippen LogP contribution in [0.3, 0.4) is 0 Å². The van der Waals surface area contributed by atoms with E-state index < -0.39 is 6.61 Å². The molecule has 2 N–H and O–H groups in total. The van der Waals surface area contributed by atoms with Gasteiger partial charge in [0.05, 0.1) is 13.2 Å². The van der Waals surface area contributed by atoms with Crippen molar-refractivity contribution in [1.29, 1.82) is 0 Å². The van der Waals surface area contributed by atoms with Crippen LogP contribution in [0.25, 0.3) is 5.65 Å². The first-order valence-corrected chi connectivity index (χ1v) is 10.6. The maximum atomic E-state index is 12.9. The minimum Gasteiger partial charge on any atom is -0.490 e. The smallest absolute Gasteiger partial charge is 0.387 e. The second-order valence-corrected chi connectivity index (χ2v) is 6.83. The lowest BCUT2D eigenvalue weighted by molar-refractivity contribution is -0.0520. The Bertz CT molecular complexity index is 1030. The topological polar surface area (TPSA) is 85.1 Å². The number of guanidine groups is 1. The van der Waals surface area contributed by atoms with Crippen molar-refractivity contribution >= 4 is 35.6 Å². The van der Waals surface area contributed by atoms with Gasteiger partial charge in [-0.25, -0.2) is 4.99 Å². The maximum Gasteiger partial charge on any atom is 0.387 e. The van der Waals surface area contributed by atoms with Gasteiger partial charge in [-0.05, 0) is 38.5 Å². The predicted molar refractivity (Wildman–Crippen MR) is 134 cm³/mol. The molecule has 33 heavy (non-hydrogen) atoms. The molecule has 0 radical (unpaired) electrons. The lowest BCUT2D eigenvalue weighted by Crippen LogP contribution is -2.37. The summed E-state index contributed by atoms with van der Waals surface area (Å²) in [6.07, 6.45) is 3.51. The standard InChI is InChI=1S/C22H28F2N6O2.HI/c1-3-25-22(26-13-8-12-19-29-28-18-11-5-6-14-30(18)19)27-15-16-9-7-10-17(31-4-2)20(16)32-21(23)24;/h5-7,9-11,14,21H,3-4,8,12-13,15H2,1-2H3,(H2,25,26,27);1H. The van der Waals surface area contributed by atoms with Crippen molar-refractivity contribution in [3.05, 3.63) is 54.0 Å². The molecule has 1 aromatic carbocycles. The van der Waals surface area contributed by atoms with Gasteiger partial charge in [-0.15, -0.1) is 34.2 Å². The molecule has 2 heterocycles. The molecule has 0 atom stereocenters. The summed E-state index contributed by atoms with van der Waals surface area (Å²) < 4.78 is 37.9. The fourth-order valence-electron chi connectivity index (χ4n) is 3.20. The van der Waals surface area contributed by atoms with Crippen molar-refractivity contribution in [2.24, 2.45) is 4.99 Å². The van der Waals surface area contributed by atoms with Gasteiger partial charge in [-0.3, -0.25) is 4.40 Å². The molecule has 3 aromatic rings. The van der Waals surface area contributed by atoms with Crippen molar-refractivity contribution in [3.63, 3.8) is 0 Å². The minimum atomic E-state index is -2.95. The van der Waals surface area contributed by atoms with E-state index in [9.17, 15) is 8.78 Å². The van der Waals surface area contributed by atoms with Crippen LogP contribution in [0.5, 0.6) is 11.5 Å². The third-order valence-corrected chi connectivity index (χ3v) is 4.57. The number of fused-ring (bicyclic) bond motifs is 1. The molecule has 0 aliphatic rings. The molecule has 0 bridgehead atoms. The zero-order valence-electron chi connectivity index (χ0n) is 18.6. The average molecular weight is 574 g/mol. The number of benzene rings is 1. The van der Waals surface area contributed by atoms with Crippen LogP contribution < -0.4 is 20.1 Å². The van der Waals surface area contributed by atoms with E-state index in [0.29, 0.717) is 31.2 Å². The largest absolute Gasteiger partial charge is 0.490 e. The first-order chi connectivity index (χ1) is 15.6. The third-order valence-electron chi connectivity index (χ3n) is 4.57. The molecule has 8 nitrogen and oxygen atoms in total. The molecule has 3 rings (SSSR count). The summed E-state index contributed by atoms with van der Waals surface area (Å²) in [7, 11) is 0. The van der Waals surface area contributed by atoms with Gasteiger partial charge in [0.2, 0.25) is 0 Å². The fourth-order valence-corrected chi connectivity index (χ4v) is 3.20. The number of nitrogens with one attached hydrogen (secondary N) is 2. The number of para-hydroxylation sites is 1. The van der Waals surface area contributed by atoms with Crippen LogP contribution in [0.4, 0.5) is 8.78 Å². The Morgan fingerprint density at radius 1 is 1.12 bits per heavy atom. The number of rotatable bonds is 11. The van der Waals surface area contributed by atoms with Gasteiger partial charge >= 0.3 is 6.61 Å². The number of aryl methyl sites for hydroxylation is 1. The van der Waals surface area contributed by atoms with Gasteiger partial charge in [0.25, 0.3) is 0 Å². The summed E-state index contributed by atoms with van der Waals surface area (Å²) >= 11 is 0. The van der Waals surface area contributed by atoms with Crippen molar-refractivity contribution in [2.75, 3.05) is 19.7 Å². The molecule has 0 aliphatic heterocycles. The monoisotopic (exact) mass is 574 g/mol. The lowest BCUT2D eigenvalue weighted by atomic mass is 10.2. The van der Waals surface area contributed by atoms with E-state index in [-0.39, 0.29) is 42.0 Å². The Balaban J connectivity index is 0.00000385. The molecule has 2 aromatic heterocycles. The van der Waals surface area contributed by atoms with Gasteiger partial charge in [0.1, 0.15) is 5.82 Å². The van der Waals surface area contributed by atoms with Crippen LogP contribution in [-0.4, -0.2) is 46.9 Å². The number of ether oxygens (including phenoxy) is 2. The van der Waals surface area contributed by atoms with Crippen molar-refractivity contribution < 1.29 is 18.3 Å². The minimum absolute atomic E-state index is 0. The SMILES string of the molecule is CCNC(=NCc1cccc(OCC)c1OC(F)F)NCCCc1nnc2ccccn12.I. The van der Waals surface area contributed by atoms with Crippen LogP contribution >= 0.6 is 24.0 Å². The van der Waals surface area contributed by atoms with E-state index in [2.05, 4.69) is 25.8 Å². The fraction of sp³-hybridized carbons (Fsp3) is 0.409. The zero-order chi connectivity index (χ0) is 22.8. The number of nitrogens with zero attached hydrogens (tertiary/aromatic N) is 4. The summed E-state index contributed by atoms with van der Waals surface area (Å²) in [5, 5.41) is 14.8. The van der Waals surface area contributed by atoms with Gasteiger partial charge in [-0.1, -0.05) is 18.2 Å². The first-order valence-electron chi connectivity index (χ1n) is 10.6. The van der Waals surface area contributed by atoms with E-state index in [1.54, 1.807) is 25.1 Å². The molecule has 0 unspecified atom stereocenters. The van der Waals surface area contributed by atoms with Crippen molar-refractivity contribution in [1.82, 2.24) is 25.2 Å². The molecule has 0 aliphatic carbocycles. The molecule has 0 fully saturated rings. The van der Waals surface area contributed by atoms with Gasteiger partial charge in [0, 0.05) is 31.3 Å². The highest BCUT2D eigenvalue weighted by Gasteiger charge is 2.15. The van der Waals surface area contributed by atoms with Crippen LogP contribution in [0, 0.1) is 0 Å². The Morgan fingerprint density at radius 3 is 2.73 bits per heavy atom. The van der Waals surface area contributed by atoms with Crippen LogP contribution in [0.2, 0.25) is 0 Å². The summed E-state index contributed by atoms with van der Waals surface area (Å²) in [6, 6.07) is 10.8. The van der Waals surface area contributed by atoms with Crippen LogP contribution in [0.1, 0.15) is 31.7 Å². The molecule has 0 spiro atoms. The van der Waals surface area contributed by atoms with E-state index in [1.807, 2.05) is 35.7 Å². The van der Waals surface area contributed by atoms with E-state index in [4.69, 9.17) is 9.47 Å². The molecule has 180 valence electrons. The molecular weight excluding hydrogens is 545 g/mol. The Labute approximate surface area is 208 Å². The molecule has 11 heteroatoms. The Morgan fingerprint density at radius 2 is 1.97 bits per heavy atom. The van der Waals surface area contributed by atoms with Crippen molar-refractivity contribution in [3.8, 4) is 11.5 Å². The zero-order valence-corrected chi connectivity index (χ0v) is 21.0. The number of aliphatic imine (C=N–C) groups is 1.